The molecule has 0 bridgehead atoms. The van der Waals surface area contributed by atoms with Crippen LogP contribution < -0.4 is 4.74 Å². The van der Waals surface area contributed by atoms with E-state index < -0.39 is 5.82 Å². The molecule has 4 heteroatoms. The van der Waals surface area contributed by atoms with Gasteiger partial charge in [-0.1, -0.05) is 51.8 Å². The molecule has 0 aliphatic rings. The summed E-state index contributed by atoms with van der Waals surface area (Å²) in [5, 5.41) is 0.888. The van der Waals surface area contributed by atoms with Crippen molar-refractivity contribution in [3.05, 3.63) is 64.4 Å². The third-order valence-corrected chi connectivity index (χ3v) is 3.55. The van der Waals surface area contributed by atoms with Crippen LogP contribution in [-0.2, 0) is 11.9 Å². The summed E-state index contributed by atoms with van der Waals surface area (Å²) in [6.07, 6.45) is 0. The van der Waals surface area contributed by atoms with E-state index in [2.05, 4.69) is 15.9 Å². The monoisotopic (exact) mass is 328 g/mol. The molecule has 2 aromatic rings. The Hall–Kier alpha value is -1.06. The van der Waals surface area contributed by atoms with Gasteiger partial charge in [-0.3, -0.25) is 0 Å². The van der Waals surface area contributed by atoms with Gasteiger partial charge in [-0.05, 0) is 23.8 Å². The van der Waals surface area contributed by atoms with Crippen LogP contribution in [0.5, 0.6) is 5.75 Å². The van der Waals surface area contributed by atoms with E-state index in [1.807, 2.05) is 24.3 Å². The van der Waals surface area contributed by atoms with Crippen LogP contribution in [-0.4, -0.2) is 0 Å². The van der Waals surface area contributed by atoms with Crippen molar-refractivity contribution in [2.45, 2.75) is 11.9 Å². The van der Waals surface area contributed by atoms with Crippen LogP contribution in [0.3, 0.4) is 0 Å². The molecule has 0 saturated heterocycles. The van der Waals surface area contributed by atoms with Crippen LogP contribution in [0.15, 0.2) is 42.5 Å². The molecule has 2 aromatic carbocycles. The molecule has 0 heterocycles. The molecule has 0 radical (unpaired) electrons. The maximum Gasteiger partial charge on any atom is 0.142 e. The van der Waals surface area contributed by atoms with Gasteiger partial charge in [-0.2, -0.15) is 0 Å². The number of hydrogen-bond acceptors (Lipinski definition) is 1. The minimum atomic E-state index is -0.424. The molecular weight excluding hydrogens is 319 g/mol. The third-order valence-electron chi connectivity index (χ3n) is 2.48. The fraction of sp³-hybridized carbons (Fsp3) is 0.143. The second-order valence-electron chi connectivity index (χ2n) is 3.78. The Morgan fingerprint density at radius 2 is 1.94 bits per heavy atom. The summed E-state index contributed by atoms with van der Waals surface area (Å²) in [7, 11) is 0. The first-order chi connectivity index (χ1) is 8.70. The van der Waals surface area contributed by atoms with E-state index in [0.29, 0.717) is 5.56 Å². The lowest BCUT2D eigenvalue weighted by Crippen LogP contribution is -1.97. The summed E-state index contributed by atoms with van der Waals surface area (Å²) >= 11 is 9.24. The van der Waals surface area contributed by atoms with Crippen molar-refractivity contribution in [1.29, 1.82) is 0 Å². The highest BCUT2D eigenvalue weighted by molar-refractivity contribution is 9.08. The van der Waals surface area contributed by atoms with Gasteiger partial charge in [-0.25, -0.2) is 4.39 Å². The number of benzene rings is 2. The highest BCUT2D eigenvalue weighted by atomic mass is 79.9. The second kappa shape index (κ2) is 6.21. The van der Waals surface area contributed by atoms with Gasteiger partial charge in [0.25, 0.3) is 0 Å². The minimum absolute atomic E-state index is 0.120. The van der Waals surface area contributed by atoms with E-state index in [1.165, 1.54) is 6.07 Å². The number of halogens is 3. The Morgan fingerprint density at radius 3 is 2.72 bits per heavy atom. The maximum absolute atomic E-state index is 13.2. The van der Waals surface area contributed by atoms with Crippen LogP contribution in [0.25, 0.3) is 0 Å². The largest absolute Gasteiger partial charge is 0.489 e. The predicted molar refractivity (Wildman–Crippen MR) is 74.8 cm³/mol. The second-order valence-corrected chi connectivity index (χ2v) is 4.72. The summed E-state index contributed by atoms with van der Waals surface area (Å²) in [6, 6.07) is 12.4. The zero-order valence-electron chi connectivity index (χ0n) is 9.50. The molecular formula is C14H11BrClFO. The van der Waals surface area contributed by atoms with Crippen LogP contribution in [0.2, 0.25) is 5.02 Å². The smallest absolute Gasteiger partial charge is 0.142 e. The molecule has 0 atom stereocenters. The highest BCUT2D eigenvalue weighted by Crippen LogP contribution is 2.22. The summed E-state index contributed by atoms with van der Waals surface area (Å²) in [5.41, 5.74) is 1.76. The lowest BCUT2D eigenvalue weighted by atomic mass is 10.2. The summed E-state index contributed by atoms with van der Waals surface area (Å²) in [5.74, 6) is 0.319. The number of ether oxygens (including phenoxy) is 1. The molecule has 18 heavy (non-hydrogen) atoms. The molecule has 0 unspecified atom stereocenters. The molecule has 0 aromatic heterocycles. The van der Waals surface area contributed by atoms with E-state index in [4.69, 9.17) is 16.3 Å². The SMILES string of the molecule is Fc1cccc(COc2cccc(CBr)c2)c1Cl. The Balaban J connectivity index is 2.09. The van der Waals surface area contributed by atoms with Crippen LogP contribution in [0, 0.1) is 5.82 Å². The van der Waals surface area contributed by atoms with Crippen molar-refractivity contribution >= 4 is 27.5 Å². The topological polar surface area (TPSA) is 9.23 Å². The molecule has 0 amide bonds. The van der Waals surface area contributed by atoms with Gasteiger partial charge < -0.3 is 4.74 Å². The van der Waals surface area contributed by atoms with Gasteiger partial charge >= 0.3 is 0 Å². The fourth-order valence-electron chi connectivity index (χ4n) is 1.54. The van der Waals surface area contributed by atoms with Crippen molar-refractivity contribution in [1.82, 2.24) is 0 Å². The quantitative estimate of drug-likeness (QED) is 0.721. The first-order valence-corrected chi connectivity index (χ1v) is 6.91. The molecule has 1 nitrogen and oxygen atoms in total. The number of hydrogen-bond donors (Lipinski definition) is 0. The normalized spacial score (nSPS) is 10.4. The Bertz CT molecular complexity index is 545. The predicted octanol–water partition coefficient (Wildman–Crippen LogP) is 4.95. The van der Waals surface area contributed by atoms with Gasteiger partial charge in [0.15, 0.2) is 0 Å². The molecule has 0 saturated carbocycles. The van der Waals surface area contributed by atoms with E-state index in [9.17, 15) is 4.39 Å². The Morgan fingerprint density at radius 1 is 1.17 bits per heavy atom. The van der Waals surface area contributed by atoms with Crippen molar-refractivity contribution in [2.75, 3.05) is 0 Å². The van der Waals surface area contributed by atoms with E-state index in [1.54, 1.807) is 12.1 Å². The molecule has 2 rings (SSSR count). The summed E-state index contributed by atoms with van der Waals surface area (Å²) < 4.78 is 18.8. The van der Waals surface area contributed by atoms with Crippen molar-refractivity contribution < 1.29 is 9.13 Å². The molecule has 0 aliphatic carbocycles. The van der Waals surface area contributed by atoms with Crippen LogP contribution in [0.4, 0.5) is 4.39 Å². The Kier molecular flexibility index (Phi) is 4.61. The van der Waals surface area contributed by atoms with Gasteiger partial charge in [0.1, 0.15) is 18.2 Å². The van der Waals surface area contributed by atoms with Crippen LogP contribution in [0.1, 0.15) is 11.1 Å². The lowest BCUT2D eigenvalue weighted by Gasteiger charge is -2.09. The zero-order valence-corrected chi connectivity index (χ0v) is 11.8. The molecule has 94 valence electrons. The number of alkyl halides is 1. The van der Waals surface area contributed by atoms with Gasteiger partial charge in [0.05, 0.1) is 5.02 Å². The first-order valence-electron chi connectivity index (χ1n) is 5.41. The van der Waals surface area contributed by atoms with Gasteiger partial charge in [-0.15, -0.1) is 0 Å². The van der Waals surface area contributed by atoms with Crippen molar-refractivity contribution in [3.63, 3.8) is 0 Å². The van der Waals surface area contributed by atoms with E-state index >= 15 is 0 Å². The Labute approximate surface area is 119 Å². The molecule has 0 aliphatic heterocycles. The fourth-order valence-corrected chi connectivity index (χ4v) is 2.07. The summed E-state index contributed by atoms with van der Waals surface area (Å²) in [4.78, 5) is 0. The zero-order chi connectivity index (χ0) is 13.0. The highest BCUT2D eigenvalue weighted by Gasteiger charge is 2.06. The van der Waals surface area contributed by atoms with E-state index in [0.717, 1.165) is 16.6 Å². The van der Waals surface area contributed by atoms with Gasteiger partial charge in [0, 0.05) is 10.9 Å². The van der Waals surface area contributed by atoms with E-state index in [-0.39, 0.29) is 11.6 Å². The average molecular weight is 330 g/mol. The van der Waals surface area contributed by atoms with Crippen molar-refractivity contribution in [3.8, 4) is 5.75 Å². The number of rotatable bonds is 4. The standard InChI is InChI=1S/C14H11BrClFO/c15-8-10-3-1-5-12(7-10)18-9-11-4-2-6-13(17)14(11)16/h1-7H,8-9H2. The molecule has 0 N–H and O–H groups in total. The molecule has 0 spiro atoms. The average Bonchev–Trinajstić information content (AvgIpc) is 2.41. The molecule has 0 fully saturated rings. The lowest BCUT2D eigenvalue weighted by molar-refractivity contribution is 0.305. The van der Waals surface area contributed by atoms with Crippen molar-refractivity contribution in [2.24, 2.45) is 0 Å². The first kappa shape index (κ1) is 13.4. The third kappa shape index (κ3) is 3.24. The van der Waals surface area contributed by atoms with Gasteiger partial charge in [0.2, 0.25) is 0 Å². The maximum atomic E-state index is 13.2. The minimum Gasteiger partial charge on any atom is -0.489 e. The summed E-state index contributed by atoms with van der Waals surface area (Å²) in [6.45, 7) is 0.252. The van der Waals surface area contributed by atoms with Crippen LogP contribution >= 0.6 is 27.5 Å².